The van der Waals surface area contributed by atoms with Gasteiger partial charge in [-0.15, -0.1) is 0 Å². The molecule has 0 saturated heterocycles. The Morgan fingerprint density at radius 3 is 2.93 bits per heavy atom. The second kappa shape index (κ2) is 4.02. The number of non-ortho nitro benzene ring substituents is 1. The third kappa shape index (κ3) is 1.87. The minimum atomic E-state index is -0.371. The molecule has 0 spiro atoms. The number of alkyl halides is 1. The molecule has 78 valence electrons. The minimum Gasteiger partial charge on any atom is -0.361 e. The molecule has 0 amide bonds. The fourth-order valence-corrected chi connectivity index (χ4v) is 2.02. The first kappa shape index (κ1) is 10.2. The number of nitro benzene ring substituents is 1. The zero-order valence-corrected chi connectivity index (χ0v) is 9.45. The van der Waals surface area contributed by atoms with Crippen molar-refractivity contribution in [2.45, 2.75) is 6.42 Å². The van der Waals surface area contributed by atoms with Gasteiger partial charge in [-0.1, -0.05) is 15.9 Å². The number of hydrogen-bond donors (Lipinski definition) is 1. The molecule has 2 rings (SSSR count). The topological polar surface area (TPSA) is 58.9 Å². The number of aromatic amines is 1. The summed E-state index contributed by atoms with van der Waals surface area (Å²) in [6, 6.07) is 4.87. The minimum absolute atomic E-state index is 0.137. The van der Waals surface area contributed by atoms with E-state index in [1.807, 2.05) is 6.20 Å². The van der Waals surface area contributed by atoms with Crippen molar-refractivity contribution in [2.75, 3.05) is 5.33 Å². The van der Waals surface area contributed by atoms with Crippen LogP contribution < -0.4 is 0 Å². The number of hydrogen-bond acceptors (Lipinski definition) is 2. The second-order valence-corrected chi connectivity index (χ2v) is 4.03. The van der Waals surface area contributed by atoms with Crippen molar-refractivity contribution >= 4 is 32.5 Å². The molecule has 0 radical (unpaired) electrons. The maximum atomic E-state index is 10.6. The summed E-state index contributed by atoms with van der Waals surface area (Å²) in [6.45, 7) is 0. The van der Waals surface area contributed by atoms with Crippen LogP contribution in [0.3, 0.4) is 0 Å². The zero-order chi connectivity index (χ0) is 10.8. The summed E-state index contributed by atoms with van der Waals surface area (Å²) in [4.78, 5) is 13.3. The number of aromatic nitrogens is 1. The van der Waals surface area contributed by atoms with Crippen LogP contribution in [0.15, 0.2) is 24.4 Å². The average molecular weight is 269 g/mol. The molecule has 0 unspecified atom stereocenters. The molecule has 5 heteroatoms. The molecule has 0 aliphatic carbocycles. The van der Waals surface area contributed by atoms with Gasteiger partial charge in [-0.2, -0.15) is 0 Å². The molecule has 2 aromatic rings. The Labute approximate surface area is 94.6 Å². The molecule has 4 nitrogen and oxygen atoms in total. The van der Waals surface area contributed by atoms with Crippen molar-refractivity contribution in [3.05, 3.63) is 40.1 Å². The van der Waals surface area contributed by atoms with E-state index in [9.17, 15) is 10.1 Å². The van der Waals surface area contributed by atoms with Gasteiger partial charge in [0.2, 0.25) is 0 Å². The molecule has 0 fully saturated rings. The zero-order valence-electron chi connectivity index (χ0n) is 7.87. The number of nitrogens with one attached hydrogen (secondary N) is 1. The molecule has 15 heavy (non-hydrogen) atoms. The number of fused-ring (bicyclic) bond motifs is 1. The van der Waals surface area contributed by atoms with Crippen LogP contribution >= 0.6 is 15.9 Å². The lowest BCUT2D eigenvalue weighted by molar-refractivity contribution is -0.384. The van der Waals surface area contributed by atoms with E-state index in [-0.39, 0.29) is 10.6 Å². The van der Waals surface area contributed by atoms with Gasteiger partial charge >= 0.3 is 0 Å². The fraction of sp³-hybridized carbons (Fsp3) is 0.200. The Morgan fingerprint density at radius 1 is 1.47 bits per heavy atom. The summed E-state index contributed by atoms with van der Waals surface area (Å²) in [6.07, 6.45) is 2.76. The Kier molecular flexibility index (Phi) is 2.73. The van der Waals surface area contributed by atoms with Gasteiger partial charge in [0.05, 0.1) is 4.92 Å². The molecule has 0 saturated carbocycles. The molecule has 0 aliphatic rings. The lowest BCUT2D eigenvalue weighted by atomic mass is 10.1. The largest absolute Gasteiger partial charge is 0.361 e. The van der Waals surface area contributed by atoms with Crippen LogP contribution in [0, 0.1) is 10.1 Å². The SMILES string of the molecule is O=[N+]([O-])c1ccc2[nH]cc(CCBr)c2c1. The number of rotatable bonds is 3. The Bertz CT molecular complexity index is 507. The van der Waals surface area contributed by atoms with Crippen molar-refractivity contribution in [1.82, 2.24) is 4.98 Å². The van der Waals surface area contributed by atoms with Gasteiger partial charge in [0.25, 0.3) is 5.69 Å². The standard InChI is InChI=1S/C10H9BrN2O2/c11-4-3-7-6-12-10-2-1-8(13(14)15)5-9(7)10/h1-2,5-6,12H,3-4H2. The third-order valence-electron chi connectivity index (χ3n) is 2.33. The monoisotopic (exact) mass is 268 g/mol. The van der Waals surface area contributed by atoms with Crippen LogP contribution in [-0.2, 0) is 6.42 Å². The van der Waals surface area contributed by atoms with Crippen molar-refractivity contribution in [3.8, 4) is 0 Å². The highest BCUT2D eigenvalue weighted by molar-refractivity contribution is 9.09. The summed E-state index contributed by atoms with van der Waals surface area (Å²) in [5.41, 5.74) is 2.18. The number of nitro groups is 1. The molecule has 1 N–H and O–H groups in total. The average Bonchev–Trinajstić information content (AvgIpc) is 2.61. The predicted octanol–water partition coefficient (Wildman–Crippen LogP) is 3.01. The van der Waals surface area contributed by atoms with Crippen LogP contribution in [0.25, 0.3) is 10.9 Å². The summed E-state index contributed by atoms with van der Waals surface area (Å²) < 4.78 is 0. The predicted molar refractivity (Wildman–Crippen MR) is 62.5 cm³/mol. The highest BCUT2D eigenvalue weighted by atomic mass is 79.9. The van der Waals surface area contributed by atoms with E-state index in [0.29, 0.717) is 0 Å². The highest BCUT2D eigenvalue weighted by Crippen LogP contribution is 2.24. The Morgan fingerprint density at radius 2 is 2.27 bits per heavy atom. The van der Waals surface area contributed by atoms with Crippen LogP contribution in [0.1, 0.15) is 5.56 Å². The van der Waals surface area contributed by atoms with Gasteiger partial charge in [0.15, 0.2) is 0 Å². The van der Waals surface area contributed by atoms with E-state index in [0.717, 1.165) is 28.2 Å². The maximum Gasteiger partial charge on any atom is 0.270 e. The first-order chi connectivity index (χ1) is 7.22. The Hall–Kier alpha value is -1.36. The fourth-order valence-electron chi connectivity index (χ4n) is 1.59. The molecular weight excluding hydrogens is 260 g/mol. The Balaban J connectivity index is 2.56. The molecular formula is C10H9BrN2O2. The molecule has 0 atom stereocenters. The van der Waals surface area contributed by atoms with E-state index in [2.05, 4.69) is 20.9 Å². The van der Waals surface area contributed by atoms with Crippen molar-refractivity contribution < 1.29 is 4.92 Å². The van der Waals surface area contributed by atoms with E-state index < -0.39 is 0 Å². The van der Waals surface area contributed by atoms with Crippen molar-refractivity contribution in [1.29, 1.82) is 0 Å². The maximum absolute atomic E-state index is 10.6. The van der Waals surface area contributed by atoms with Gasteiger partial charge < -0.3 is 4.98 Å². The quantitative estimate of drug-likeness (QED) is 0.529. The summed E-state index contributed by atoms with van der Waals surface area (Å²) >= 11 is 3.36. The van der Waals surface area contributed by atoms with E-state index in [1.54, 1.807) is 12.1 Å². The third-order valence-corrected chi connectivity index (χ3v) is 2.72. The number of benzene rings is 1. The number of H-pyrrole nitrogens is 1. The normalized spacial score (nSPS) is 10.7. The van der Waals surface area contributed by atoms with Crippen LogP contribution in [0.5, 0.6) is 0 Å². The second-order valence-electron chi connectivity index (χ2n) is 3.24. The first-order valence-electron chi connectivity index (χ1n) is 4.52. The lowest BCUT2D eigenvalue weighted by Gasteiger charge is -1.95. The molecule has 0 aliphatic heterocycles. The van der Waals surface area contributed by atoms with Gasteiger partial charge in [0.1, 0.15) is 0 Å². The molecule has 0 bridgehead atoms. The van der Waals surface area contributed by atoms with Crippen molar-refractivity contribution in [3.63, 3.8) is 0 Å². The number of aryl methyl sites for hydroxylation is 1. The van der Waals surface area contributed by atoms with Crippen LogP contribution in [0.2, 0.25) is 0 Å². The van der Waals surface area contributed by atoms with Gasteiger partial charge in [-0.25, -0.2) is 0 Å². The van der Waals surface area contributed by atoms with E-state index in [1.165, 1.54) is 6.07 Å². The summed E-state index contributed by atoms with van der Waals surface area (Å²) in [5.74, 6) is 0. The van der Waals surface area contributed by atoms with Crippen LogP contribution in [-0.4, -0.2) is 15.2 Å². The smallest absolute Gasteiger partial charge is 0.270 e. The van der Waals surface area contributed by atoms with E-state index >= 15 is 0 Å². The van der Waals surface area contributed by atoms with Gasteiger partial charge in [-0.05, 0) is 18.1 Å². The highest BCUT2D eigenvalue weighted by Gasteiger charge is 2.09. The summed E-state index contributed by atoms with van der Waals surface area (Å²) in [7, 11) is 0. The first-order valence-corrected chi connectivity index (χ1v) is 5.65. The molecule has 1 aromatic heterocycles. The lowest BCUT2D eigenvalue weighted by Crippen LogP contribution is -1.88. The van der Waals surface area contributed by atoms with Crippen LogP contribution in [0.4, 0.5) is 5.69 Å². The van der Waals surface area contributed by atoms with E-state index in [4.69, 9.17) is 0 Å². The molecule has 1 heterocycles. The molecule has 1 aromatic carbocycles. The number of nitrogens with zero attached hydrogens (tertiary/aromatic N) is 1. The number of halogens is 1. The van der Waals surface area contributed by atoms with Crippen molar-refractivity contribution in [2.24, 2.45) is 0 Å². The van der Waals surface area contributed by atoms with Gasteiger partial charge in [-0.3, -0.25) is 10.1 Å². The van der Waals surface area contributed by atoms with Gasteiger partial charge in [0, 0.05) is 34.6 Å². The summed E-state index contributed by atoms with van der Waals surface area (Å²) in [5, 5.41) is 12.4.